The molecule has 1 heterocycles. The number of aromatic nitrogens is 1. The molecule has 0 unspecified atom stereocenters. The standard InChI is InChI=1S/C12H11NO3/c1-6-3-7(2)11-8(12(15)16)5-10(14)13-9(11)4-6/h3-5H,1-2H3,(H,13,14)(H,15,16). The first-order valence-corrected chi connectivity index (χ1v) is 4.83. The zero-order chi connectivity index (χ0) is 11.9. The van der Waals surface area contributed by atoms with Gasteiger partial charge in [0.2, 0.25) is 5.88 Å². The van der Waals surface area contributed by atoms with Crippen LogP contribution in [-0.4, -0.2) is 21.2 Å². The maximum atomic E-state index is 11.1. The fourth-order valence-electron chi connectivity index (χ4n) is 1.91. The first-order valence-electron chi connectivity index (χ1n) is 4.83. The highest BCUT2D eigenvalue weighted by Gasteiger charge is 2.13. The highest BCUT2D eigenvalue weighted by Crippen LogP contribution is 2.25. The van der Waals surface area contributed by atoms with E-state index in [9.17, 15) is 9.90 Å². The van der Waals surface area contributed by atoms with E-state index >= 15 is 0 Å². The van der Waals surface area contributed by atoms with Crippen molar-refractivity contribution in [3.05, 3.63) is 34.9 Å². The summed E-state index contributed by atoms with van der Waals surface area (Å²) in [6.07, 6.45) is 0. The summed E-state index contributed by atoms with van der Waals surface area (Å²) in [6, 6.07) is 4.83. The number of carboxylic acids is 1. The molecule has 2 rings (SSSR count). The van der Waals surface area contributed by atoms with Crippen molar-refractivity contribution in [1.29, 1.82) is 0 Å². The molecule has 0 fully saturated rings. The molecule has 0 aliphatic carbocycles. The second-order valence-corrected chi connectivity index (χ2v) is 3.81. The van der Waals surface area contributed by atoms with Crippen molar-refractivity contribution in [1.82, 2.24) is 4.98 Å². The number of rotatable bonds is 1. The maximum absolute atomic E-state index is 11.1. The predicted octanol–water partition coefficient (Wildman–Crippen LogP) is 2.26. The van der Waals surface area contributed by atoms with Crippen molar-refractivity contribution in [2.75, 3.05) is 0 Å². The summed E-state index contributed by atoms with van der Waals surface area (Å²) in [5.74, 6) is -1.33. The van der Waals surface area contributed by atoms with Crippen LogP contribution < -0.4 is 0 Å². The van der Waals surface area contributed by atoms with Crippen molar-refractivity contribution in [3.63, 3.8) is 0 Å². The second-order valence-electron chi connectivity index (χ2n) is 3.81. The predicted molar refractivity (Wildman–Crippen MR) is 59.8 cm³/mol. The number of aryl methyl sites for hydroxylation is 2. The van der Waals surface area contributed by atoms with E-state index in [0.29, 0.717) is 10.9 Å². The molecule has 0 atom stereocenters. The zero-order valence-electron chi connectivity index (χ0n) is 8.98. The molecular weight excluding hydrogens is 206 g/mol. The smallest absolute Gasteiger partial charge is 0.336 e. The quantitative estimate of drug-likeness (QED) is 0.768. The van der Waals surface area contributed by atoms with Crippen molar-refractivity contribution < 1.29 is 15.0 Å². The van der Waals surface area contributed by atoms with Crippen molar-refractivity contribution in [2.45, 2.75) is 13.8 Å². The van der Waals surface area contributed by atoms with Gasteiger partial charge in [-0.3, -0.25) is 0 Å². The third-order valence-electron chi connectivity index (χ3n) is 2.47. The van der Waals surface area contributed by atoms with Gasteiger partial charge < -0.3 is 10.2 Å². The molecule has 0 spiro atoms. The van der Waals surface area contributed by atoms with Gasteiger partial charge in [-0.25, -0.2) is 9.78 Å². The molecule has 82 valence electrons. The number of benzene rings is 1. The topological polar surface area (TPSA) is 70.4 Å². The molecule has 0 amide bonds. The van der Waals surface area contributed by atoms with Crippen LogP contribution in [0.15, 0.2) is 18.2 Å². The molecule has 16 heavy (non-hydrogen) atoms. The molecule has 1 aromatic carbocycles. The van der Waals surface area contributed by atoms with Crippen LogP contribution in [-0.2, 0) is 0 Å². The van der Waals surface area contributed by atoms with Crippen molar-refractivity contribution in [2.24, 2.45) is 0 Å². The van der Waals surface area contributed by atoms with E-state index in [2.05, 4.69) is 4.98 Å². The summed E-state index contributed by atoms with van der Waals surface area (Å²) < 4.78 is 0. The monoisotopic (exact) mass is 217 g/mol. The molecule has 2 aromatic rings. The van der Waals surface area contributed by atoms with Gasteiger partial charge in [-0.2, -0.15) is 0 Å². The summed E-state index contributed by atoms with van der Waals surface area (Å²) in [4.78, 5) is 15.0. The molecule has 4 heteroatoms. The number of carboxylic acid groups (broad SMARTS) is 1. The summed E-state index contributed by atoms with van der Waals surface area (Å²) in [6.45, 7) is 3.74. The van der Waals surface area contributed by atoms with Gasteiger partial charge in [-0.1, -0.05) is 6.07 Å². The molecule has 0 saturated carbocycles. The van der Waals surface area contributed by atoms with E-state index in [-0.39, 0.29) is 11.4 Å². The fourth-order valence-corrected chi connectivity index (χ4v) is 1.91. The summed E-state index contributed by atoms with van der Waals surface area (Å²) in [5.41, 5.74) is 2.43. The Bertz CT molecular complexity index is 585. The summed E-state index contributed by atoms with van der Waals surface area (Å²) in [5, 5.41) is 19.0. The first-order chi connectivity index (χ1) is 7.49. The normalized spacial score (nSPS) is 10.6. The summed E-state index contributed by atoms with van der Waals surface area (Å²) in [7, 11) is 0. The Morgan fingerprint density at radius 3 is 2.56 bits per heavy atom. The Kier molecular flexibility index (Phi) is 2.27. The number of aromatic carboxylic acids is 1. The van der Waals surface area contributed by atoms with Crippen LogP contribution in [0.5, 0.6) is 5.88 Å². The highest BCUT2D eigenvalue weighted by molar-refractivity contribution is 6.04. The zero-order valence-corrected chi connectivity index (χ0v) is 8.98. The average Bonchev–Trinajstić information content (AvgIpc) is 2.14. The third kappa shape index (κ3) is 1.58. The van der Waals surface area contributed by atoms with Gasteiger partial charge in [0.25, 0.3) is 0 Å². The Morgan fingerprint density at radius 1 is 1.25 bits per heavy atom. The van der Waals surface area contributed by atoms with Crippen LogP contribution in [0.2, 0.25) is 0 Å². The molecule has 0 aliphatic rings. The van der Waals surface area contributed by atoms with E-state index in [0.717, 1.165) is 11.1 Å². The number of pyridine rings is 1. The van der Waals surface area contributed by atoms with Crippen LogP contribution in [0, 0.1) is 13.8 Å². The van der Waals surface area contributed by atoms with Crippen LogP contribution >= 0.6 is 0 Å². The lowest BCUT2D eigenvalue weighted by molar-refractivity contribution is 0.0698. The largest absolute Gasteiger partial charge is 0.493 e. The molecule has 4 nitrogen and oxygen atoms in total. The lowest BCUT2D eigenvalue weighted by atomic mass is 10.0. The van der Waals surface area contributed by atoms with Gasteiger partial charge in [-0.15, -0.1) is 0 Å². The molecule has 0 saturated heterocycles. The van der Waals surface area contributed by atoms with Crippen LogP contribution in [0.3, 0.4) is 0 Å². The SMILES string of the molecule is Cc1cc(C)c2c(C(=O)O)cc(O)nc2c1. The van der Waals surface area contributed by atoms with Gasteiger partial charge in [0.05, 0.1) is 11.1 Å². The van der Waals surface area contributed by atoms with E-state index in [4.69, 9.17) is 5.11 Å². The van der Waals surface area contributed by atoms with E-state index < -0.39 is 5.97 Å². The Labute approximate surface area is 92.2 Å². The number of fused-ring (bicyclic) bond motifs is 1. The third-order valence-corrected chi connectivity index (χ3v) is 2.47. The summed E-state index contributed by atoms with van der Waals surface area (Å²) >= 11 is 0. The van der Waals surface area contributed by atoms with E-state index in [1.807, 2.05) is 19.9 Å². The molecule has 2 N–H and O–H groups in total. The van der Waals surface area contributed by atoms with Gasteiger partial charge >= 0.3 is 5.97 Å². The Morgan fingerprint density at radius 2 is 1.94 bits per heavy atom. The Hall–Kier alpha value is -2.10. The number of hydrogen-bond acceptors (Lipinski definition) is 3. The molecule has 0 aliphatic heterocycles. The van der Waals surface area contributed by atoms with Gasteiger partial charge in [0, 0.05) is 11.5 Å². The average molecular weight is 217 g/mol. The molecular formula is C12H11NO3. The van der Waals surface area contributed by atoms with E-state index in [1.165, 1.54) is 6.07 Å². The minimum atomic E-state index is -1.06. The number of hydrogen-bond donors (Lipinski definition) is 2. The van der Waals surface area contributed by atoms with Crippen LogP contribution in [0.4, 0.5) is 0 Å². The van der Waals surface area contributed by atoms with E-state index in [1.54, 1.807) is 6.07 Å². The minimum Gasteiger partial charge on any atom is -0.493 e. The lowest BCUT2D eigenvalue weighted by Gasteiger charge is -2.07. The molecule has 0 bridgehead atoms. The number of nitrogens with zero attached hydrogens (tertiary/aromatic N) is 1. The van der Waals surface area contributed by atoms with Crippen molar-refractivity contribution >= 4 is 16.9 Å². The molecule has 1 aromatic heterocycles. The second kappa shape index (κ2) is 3.48. The van der Waals surface area contributed by atoms with Crippen LogP contribution in [0.25, 0.3) is 10.9 Å². The fraction of sp³-hybridized carbons (Fsp3) is 0.167. The number of carbonyl (C=O) groups is 1. The molecule has 0 radical (unpaired) electrons. The lowest BCUT2D eigenvalue weighted by Crippen LogP contribution is -2.00. The van der Waals surface area contributed by atoms with Gasteiger partial charge in [0.15, 0.2) is 0 Å². The minimum absolute atomic E-state index is 0.0833. The van der Waals surface area contributed by atoms with Crippen molar-refractivity contribution in [3.8, 4) is 5.88 Å². The Balaban J connectivity index is 2.95. The van der Waals surface area contributed by atoms with Crippen LogP contribution in [0.1, 0.15) is 21.5 Å². The maximum Gasteiger partial charge on any atom is 0.336 e. The van der Waals surface area contributed by atoms with Gasteiger partial charge in [0.1, 0.15) is 0 Å². The van der Waals surface area contributed by atoms with Gasteiger partial charge in [-0.05, 0) is 31.0 Å². The number of aromatic hydroxyl groups is 1. The highest BCUT2D eigenvalue weighted by atomic mass is 16.4. The first kappa shape index (κ1) is 10.4.